The predicted octanol–water partition coefficient (Wildman–Crippen LogP) is 0.858. The van der Waals surface area contributed by atoms with Gasteiger partial charge in [-0.1, -0.05) is 5.92 Å². The molecule has 0 unspecified atom stereocenters. The van der Waals surface area contributed by atoms with Crippen LogP contribution < -0.4 is 0 Å². The summed E-state index contributed by atoms with van der Waals surface area (Å²) in [6.07, 6.45) is 7.48. The van der Waals surface area contributed by atoms with Gasteiger partial charge in [0.15, 0.2) is 0 Å². The zero-order valence-electron chi connectivity index (χ0n) is 10.1. The second kappa shape index (κ2) is 6.14. The van der Waals surface area contributed by atoms with E-state index in [9.17, 15) is 9.59 Å². The second-order valence-electron chi connectivity index (χ2n) is 4.22. The van der Waals surface area contributed by atoms with Crippen molar-refractivity contribution in [1.29, 1.82) is 0 Å². The van der Waals surface area contributed by atoms with Gasteiger partial charge in [0.1, 0.15) is 6.54 Å². The van der Waals surface area contributed by atoms with Gasteiger partial charge < -0.3 is 14.9 Å². The average molecular weight is 238 g/mol. The van der Waals surface area contributed by atoms with Crippen LogP contribution in [-0.4, -0.2) is 53.1 Å². The van der Waals surface area contributed by atoms with E-state index < -0.39 is 5.97 Å². The number of carboxylic acid groups (broad SMARTS) is 1. The van der Waals surface area contributed by atoms with Crippen LogP contribution >= 0.6 is 0 Å². The van der Waals surface area contributed by atoms with Gasteiger partial charge in [-0.2, -0.15) is 0 Å². The number of terminal acetylenes is 1. The van der Waals surface area contributed by atoms with E-state index in [1.165, 1.54) is 4.90 Å². The van der Waals surface area contributed by atoms with Crippen molar-refractivity contribution >= 4 is 12.0 Å². The summed E-state index contributed by atoms with van der Waals surface area (Å²) >= 11 is 0. The fourth-order valence-electron chi connectivity index (χ4n) is 1.61. The molecule has 1 aliphatic rings. The number of amides is 2. The maximum Gasteiger partial charge on any atom is 0.323 e. The summed E-state index contributed by atoms with van der Waals surface area (Å²) in [4.78, 5) is 25.5. The summed E-state index contributed by atoms with van der Waals surface area (Å²) < 4.78 is 0. The smallest absolute Gasteiger partial charge is 0.323 e. The molecule has 0 radical (unpaired) electrons. The van der Waals surface area contributed by atoms with Crippen LogP contribution in [0.2, 0.25) is 0 Å². The van der Waals surface area contributed by atoms with Crippen LogP contribution in [-0.2, 0) is 4.79 Å². The van der Waals surface area contributed by atoms with Crippen LogP contribution in [0.4, 0.5) is 4.79 Å². The molecule has 0 aromatic rings. The van der Waals surface area contributed by atoms with E-state index >= 15 is 0 Å². The maximum absolute atomic E-state index is 12.1. The first kappa shape index (κ1) is 13.4. The van der Waals surface area contributed by atoms with Crippen molar-refractivity contribution in [2.45, 2.75) is 19.8 Å². The lowest BCUT2D eigenvalue weighted by Crippen LogP contribution is -2.46. The van der Waals surface area contributed by atoms with Gasteiger partial charge in [0, 0.05) is 13.1 Å². The van der Waals surface area contributed by atoms with E-state index in [2.05, 4.69) is 5.92 Å². The normalized spacial score (nSPS) is 13.9. The van der Waals surface area contributed by atoms with E-state index in [4.69, 9.17) is 11.5 Å². The highest BCUT2D eigenvalue weighted by Crippen LogP contribution is 2.29. The highest BCUT2D eigenvalue weighted by Gasteiger charge is 2.28. The largest absolute Gasteiger partial charge is 0.480 e. The van der Waals surface area contributed by atoms with Crippen LogP contribution in [0.5, 0.6) is 0 Å². The van der Waals surface area contributed by atoms with Crippen molar-refractivity contribution < 1.29 is 14.7 Å². The first-order valence-corrected chi connectivity index (χ1v) is 5.77. The summed E-state index contributed by atoms with van der Waals surface area (Å²) in [7, 11) is 0. The van der Waals surface area contributed by atoms with Gasteiger partial charge in [-0.05, 0) is 25.7 Å². The lowest BCUT2D eigenvalue weighted by molar-refractivity contribution is -0.137. The highest BCUT2D eigenvalue weighted by atomic mass is 16.4. The number of carbonyl (C=O) groups excluding carboxylic acids is 1. The fraction of sp³-hybridized carbons (Fsp3) is 0.667. The van der Waals surface area contributed by atoms with Gasteiger partial charge >= 0.3 is 12.0 Å². The number of carbonyl (C=O) groups is 2. The Morgan fingerprint density at radius 2 is 2.06 bits per heavy atom. The molecule has 0 aromatic heterocycles. The molecule has 1 saturated carbocycles. The van der Waals surface area contributed by atoms with Crippen molar-refractivity contribution in [2.75, 3.05) is 26.2 Å². The van der Waals surface area contributed by atoms with E-state index in [-0.39, 0.29) is 19.1 Å². The Hall–Kier alpha value is -1.70. The standard InChI is InChI=1S/C12H18N2O3/c1-3-7-14(8-10-5-6-10)12(17)13(4-2)9-11(15)16/h1,10H,4-9H2,2H3,(H,15,16). The number of urea groups is 1. The Morgan fingerprint density at radius 3 is 2.47 bits per heavy atom. The lowest BCUT2D eigenvalue weighted by Gasteiger charge is -2.27. The molecule has 0 aliphatic heterocycles. The van der Waals surface area contributed by atoms with Crippen LogP contribution in [0.15, 0.2) is 0 Å². The minimum Gasteiger partial charge on any atom is -0.480 e. The van der Waals surface area contributed by atoms with E-state index in [1.807, 2.05) is 0 Å². The van der Waals surface area contributed by atoms with Crippen molar-refractivity contribution in [3.63, 3.8) is 0 Å². The summed E-state index contributed by atoms with van der Waals surface area (Å²) in [5.74, 6) is 1.98. The van der Waals surface area contributed by atoms with Crippen molar-refractivity contribution in [3.8, 4) is 12.3 Å². The van der Waals surface area contributed by atoms with Gasteiger partial charge in [-0.15, -0.1) is 6.42 Å². The van der Waals surface area contributed by atoms with Gasteiger partial charge in [-0.25, -0.2) is 4.79 Å². The molecular weight excluding hydrogens is 220 g/mol. The summed E-state index contributed by atoms with van der Waals surface area (Å²) in [5.41, 5.74) is 0. The monoisotopic (exact) mass is 238 g/mol. The number of likely N-dealkylation sites (N-methyl/N-ethyl adjacent to an activating group) is 1. The number of hydrogen-bond acceptors (Lipinski definition) is 2. The van der Waals surface area contributed by atoms with Crippen LogP contribution in [0.1, 0.15) is 19.8 Å². The van der Waals surface area contributed by atoms with E-state index in [0.29, 0.717) is 19.0 Å². The Kier molecular flexibility index (Phi) is 4.83. The molecule has 1 N–H and O–H groups in total. The van der Waals surface area contributed by atoms with Crippen LogP contribution in [0, 0.1) is 18.3 Å². The molecule has 1 rings (SSSR count). The summed E-state index contributed by atoms with van der Waals surface area (Å²) in [6.45, 7) is 2.73. The third kappa shape index (κ3) is 4.35. The predicted molar refractivity (Wildman–Crippen MR) is 63.4 cm³/mol. The zero-order valence-corrected chi connectivity index (χ0v) is 10.1. The molecule has 2 amide bonds. The number of nitrogens with zero attached hydrogens (tertiary/aromatic N) is 2. The summed E-state index contributed by atoms with van der Waals surface area (Å²) in [5, 5.41) is 8.72. The van der Waals surface area contributed by atoms with Crippen molar-refractivity contribution in [1.82, 2.24) is 9.80 Å². The molecule has 0 heterocycles. The Balaban J connectivity index is 2.59. The molecule has 1 aliphatic carbocycles. The lowest BCUT2D eigenvalue weighted by atomic mass is 10.3. The van der Waals surface area contributed by atoms with Gasteiger partial charge in [0.05, 0.1) is 6.54 Å². The maximum atomic E-state index is 12.1. The van der Waals surface area contributed by atoms with Crippen molar-refractivity contribution in [3.05, 3.63) is 0 Å². The minimum atomic E-state index is -1.01. The molecule has 17 heavy (non-hydrogen) atoms. The number of aliphatic carboxylic acids is 1. The third-order valence-electron chi connectivity index (χ3n) is 2.71. The van der Waals surface area contributed by atoms with Crippen LogP contribution in [0.25, 0.3) is 0 Å². The minimum absolute atomic E-state index is 0.242. The SMILES string of the molecule is C#CCN(CC1CC1)C(=O)N(CC)CC(=O)O. The fourth-order valence-corrected chi connectivity index (χ4v) is 1.61. The molecule has 0 aromatic carbocycles. The van der Waals surface area contributed by atoms with E-state index in [1.54, 1.807) is 11.8 Å². The molecule has 5 heteroatoms. The molecule has 0 atom stereocenters. The second-order valence-corrected chi connectivity index (χ2v) is 4.22. The molecule has 1 fully saturated rings. The zero-order chi connectivity index (χ0) is 12.8. The first-order chi connectivity index (χ1) is 8.08. The van der Waals surface area contributed by atoms with Gasteiger partial charge in [-0.3, -0.25) is 4.79 Å². The summed E-state index contributed by atoms with van der Waals surface area (Å²) in [6, 6.07) is -0.278. The number of carboxylic acids is 1. The highest BCUT2D eigenvalue weighted by molar-refractivity contribution is 5.80. The van der Waals surface area contributed by atoms with Crippen molar-refractivity contribution in [2.24, 2.45) is 5.92 Å². The number of rotatable bonds is 6. The van der Waals surface area contributed by atoms with E-state index in [0.717, 1.165) is 12.8 Å². The Labute approximate surface area is 101 Å². The molecule has 0 spiro atoms. The Morgan fingerprint density at radius 1 is 1.41 bits per heavy atom. The first-order valence-electron chi connectivity index (χ1n) is 5.77. The molecular formula is C12H18N2O3. The Bertz CT molecular complexity index is 331. The quantitative estimate of drug-likeness (QED) is 0.698. The third-order valence-corrected chi connectivity index (χ3v) is 2.71. The van der Waals surface area contributed by atoms with Gasteiger partial charge in [0.25, 0.3) is 0 Å². The average Bonchev–Trinajstić information content (AvgIpc) is 3.08. The van der Waals surface area contributed by atoms with Crippen LogP contribution in [0.3, 0.4) is 0 Å². The molecule has 94 valence electrons. The number of hydrogen-bond donors (Lipinski definition) is 1. The molecule has 0 bridgehead atoms. The topological polar surface area (TPSA) is 60.9 Å². The van der Waals surface area contributed by atoms with Gasteiger partial charge in [0.2, 0.25) is 0 Å². The molecule has 5 nitrogen and oxygen atoms in total. The molecule has 0 saturated heterocycles.